The van der Waals surface area contributed by atoms with Gasteiger partial charge >= 0.3 is 5.97 Å². The molecule has 2 rings (SSSR count). The first kappa shape index (κ1) is 14.8. The molecule has 1 aliphatic heterocycles. The highest BCUT2D eigenvalue weighted by molar-refractivity contribution is 5.90. The minimum Gasteiger partial charge on any atom is -0.491 e. The highest BCUT2D eigenvalue weighted by Crippen LogP contribution is 2.22. The number of carboxylic acids is 1. The average molecular weight is 279 g/mol. The van der Waals surface area contributed by atoms with Crippen LogP contribution in [0.2, 0.25) is 0 Å². The molecule has 1 aromatic rings. The Balaban J connectivity index is 1.97. The van der Waals surface area contributed by atoms with E-state index in [4.69, 9.17) is 14.6 Å². The van der Waals surface area contributed by atoms with Crippen LogP contribution in [0, 0.1) is 6.92 Å². The number of aromatic carboxylic acids is 1. The normalized spacial score (nSPS) is 19.8. The molecule has 0 saturated carbocycles. The Hall–Kier alpha value is -1.59. The van der Waals surface area contributed by atoms with Crippen molar-refractivity contribution in [1.82, 2.24) is 4.90 Å². The molecule has 0 aromatic heterocycles. The molecule has 5 heteroatoms. The van der Waals surface area contributed by atoms with E-state index in [1.165, 1.54) is 0 Å². The number of nitrogens with zero attached hydrogens (tertiary/aromatic N) is 1. The van der Waals surface area contributed by atoms with Crippen molar-refractivity contribution in [2.45, 2.75) is 20.0 Å². The zero-order chi connectivity index (χ0) is 14.5. The summed E-state index contributed by atoms with van der Waals surface area (Å²) >= 11 is 0. The highest BCUT2D eigenvalue weighted by Gasteiger charge is 2.20. The molecule has 20 heavy (non-hydrogen) atoms. The third-order valence-electron chi connectivity index (χ3n) is 3.61. The smallest absolute Gasteiger partial charge is 0.336 e. The second-order valence-electron chi connectivity index (χ2n) is 4.93. The van der Waals surface area contributed by atoms with Crippen LogP contribution in [-0.2, 0) is 4.74 Å². The van der Waals surface area contributed by atoms with Gasteiger partial charge in [-0.05, 0) is 25.6 Å². The van der Waals surface area contributed by atoms with E-state index in [0.29, 0.717) is 17.9 Å². The molecule has 1 aliphatic rings. The van der Waals surface area contributed by atoms with Crippen molar-refractivity contribution in [1.29, 1.82) is 0 Å². The molecule has 1 aromatic carbocycles. The predicted octanol–water partition coefficient (Wildman–Crippen LogP) is 1.79. The van der Waals surface area contributed by atoms with Gasteiger partial charge in [-0.3, -0.25) is 4.90 Å². The van der Waals surface area contributed by atoms with E-state index >= 15 is 0 Å². The lowest BCUT2D eigenvalue weighted by molar-refractivity contribution is -0.0464. The summed E-state index contributed by atoms with van der Waals surface area (Å²) in [7, 11) is 0. The lowest BCUT2D eigenvalue weighted by Crippen LogP contribution is -2.44. The number of ether oxygens (including phenoxy) is 2. The van der Waals surface area contributed by atoms with Gasteiger partial charge in [0.25, 0.3) is 0 Å². The van der Waals surface area contributed by atoms with Crippen molar-refractivity contribution in [3.8, 4) is 5.75 Å². The van der Waals surface area contributed by atoms with Crippen molar-refractivity contribution < 1.29 is 19.4 Å². The molecule has 1 atom stereocenters. The van der Waals surface area contributed by atoms with Crippen LogP contribution in [0.3, 0.4) is 0 Å². The molecule has 1 saturated heterocycles. The summed E-state index contributed by atoms with van der Waals surface area (Å²) < 4.78 is 11.4. The van der Waals surface area contributed by atoms with Crippen LogP contribution in [0.25, 0.3) is 0 Å². The van der Waals surface area contributed by atoms with E-state index in [-0.39, 0.29) is 11.7 Å². The van der Waals surface area contributed by atoms with Crippen molar-refractivity contribution in [3.05, 3.63) is 29.3 Å². The fourth-order valence-corrected chi connectivity index (χ4v) is 2.35. The fourth-order valence-electron chi connectivity index (χ4n) is 2.35. The van der Waals surface area contributed by atoms with Gasteiger partial charge in [0.2, 0.25) is 0 Å². The summed E-state index contributed by atoms with van der Waals surface area (Å²) in [5.74, 6) is -0.318. The molecular formula is C15H21NO4. The standard InChI is InChI=1S/C15H21NO4/c1-3-16-7-8-19-12(9-16)10-20-14-6-4-5-13(11(14)2)15(17)18/h4-6,12H,3,7-10H2,1-2H3,(H,17,18). The van der Waals surface area contributed by atoms with E-state index in [1.54, 1.807) is 25.1 Å². The molecule has 5 nitrogen and oxygen atoms in total. The zero-order valence-electron chi connectivity index (χ0n) is 12.0. The number of hydrogen-bond donors (Lipinski definition) is 1. The summed E-state index contributed by atoms with van der Waals surface area (Å²) in [4.78, 5) is 13.4. The van der Waals surface area contributed by atoms with E-state index in [9.17, 15) is 4.79 Å². The van der Waals surface area contributed by atoms with Gasteiger partial charge < -0.3 is 14.6 Å². The first-order chi connectivity index (χ1) is 9.61. The van der Waals surface area contributed by atoms with Gasteiger partial charge in [-0.15, -0.1) is 0 Å². The van der Waals surface area contributed by atoms with Gasteiger partial charge in [0.1, 0.15) is 18.5 Å². The zero-order valence-corrected chi connectivity index (χ0v) is 12.0. The maximum absolute atomic E-state index is 11.1. The number of carboxylic acid groups (broad SMARTS) is 1. The number of benzene rings is 1. The fraction of sp³-hybridized carbons (Fsp3) is 0.533. The molecule has 0 spiro atoms. The molecule has 0 bridgehead atoms. The van der Waals surface area contributed by atoms with Crippen molar-refractivity contribution in [3.63, 3.8) is 0 Å². The monoisotopic (exact) mass is 279 g/mol. The van der Waals surface area contributed by atoms with Crippen LogP contribution in [0.1, 0.15) is 22.8 Å². The van der Waals surface area contributed by atoms with E-state index < -0.39 is 5.97 Å². The number of hydrogen-bond acceptors (Lipinski definition) is 4. The molecule has 1 heterocycles. The summed E-state index contributed by atoms with van der Waals surface area (Å²) in [6.07, 6.45) is 0.0385. The Labute approximate surface area is 119 Å². The van der Waals surface area contributed by atoms with Crippen LogP contribution in [-0.4, -0.2) is 54.9 Å². The minimum absolute atomic E-state index is 0.0385. The molecule has 0 aliphatic carbocycles. The van der Waals surface area contributed by atoms with Gasteiger partial charge in [-0.1, -0.05) is 13.0 Å². The van der Waals surface area contributed by atoms with Gasteiger partial charge in [0.15, 0.2) is 0 Å². The van der Waals surface area contributed by atoms with Crippen LogP contribution in [0.15, 0.2) is 18.2 Å². The maximum Gasteiger partial charge on any atom is 0.336 e. The SMILES string of the molecule is CCN1CCOC(COc2cccc(C(=O)O)c2C)C1. The van der Waals surface area contributed by atoms with Gasteiger partial charge in [0.05, 0.1) is 12.2 Å². The lowest BCUT2D eigenvalue weighted by atomic mass is 10.1. The first-order valence-corrected chi connectivity index (χ1v) is 6.91. The Morgan fingerprint density at radius 1 is 1.55 bits per heavy atom. The van der Waals surface area contributed by atoms with Crippen molar-refractivity contribution in [2.24, 2.45) is 0 Å². The Kier molecular flexibility index (Phi) is 4.98. The summed E-state index contributed by atoms with van der Waals surface area (Å²) in [6.45, 7) is 7.88. The minimum atomic E-state index is -0.931. The molecule has 0 amide bonds. The molecule has 1 fully saturated rings. The number of morpholine rings is 1. The van der Waals surface area contributed by atoms with E-state index in [2.05, 4.69) is 11.8 Å². The molecular weight excluding hydrogens is 258 g/mol. The second kappa shape index (κ2) is 6.72. The van der Waals surface area contributed by atoms with E-state index in [0.717, 1.165) is 26.2 Å². The van der Waals surface area contributed by atoms with Crippen LogP contribution in [0.4, 0.5) is 0 Å². The quantitative estimate of drug-likeness (QED) is 0.890. The largest absolute Gasteiger partial charge is 0.491 e. The topological polar surface area (TPSA) is 59.0 Å². The number of rotatable bonds is 5. The highest BCUT2D eigenvalue weighted by atomic mass is 16.5. The Morgan fingerprint density at radius 2 is 2.35 bits per heavy atom. The third-order valence-corrected chi connectivity index (χ3v) is 3.61. The molecule has 1 unspecified atom stereocenters. The predicted molar refractivity (Wildman–Crippen MR) is 75.5 cm³/mol. The number of likely N-dealkylation sites (N-methyl/N-ethyl adjacent to an activating group) is 1. The average Bonchev–Trinajstić information content (AvgIpc) is 2.46. The lowest BCUT2D eigenvalue weighted by Gasteiger charge is -2.32. The van der Waals surface area contributed by atoms with Gasteiger partial charge in [-0.2, -0.15) is 0 Å². The molecule has 1 N–H and O–H groups in total. The number of carbonyl (C=O) groups is 1. The van der Waals surface area contributed by atoms with Gasteiger partial charge in [0, 0.05) is 18.7 Å². The summed E-state index contributed by atoms with van der Waals surface area (Å²) in [5.41, 5.74) is 0.936. The van der Waals surface area contributed by atoms with Crippen LogP contribution in [0.5, 0.6) is 5.75 Å². The molecule has 110 valence electrons. The van der Waals surface area contributed by atoms with Crippen LogP contribution < -0.4 is 4.74 Å². The Morgan fingerprint density at radius 3 is 3.05 bits per heavy atom. The second-order valence-corrected chi connectivity index (χ2v) is 4.93. The van der Waals surface area contributed by atoms with E-state index in [1.807, 2.05) is 0 Å². The summed E-state index contributed by atoms with van der Waals surface area (Å²) in [5, 5.41) is 9.09. The van der Waals surface area contributed by atoms with Gasteiger partial charge in [-0.25, -0.2) is 4.79 Å². The van der Waals surface area contributed by atoms with Crippen LogP contribution >= 0.6 is 0 Å². The van der Waals surface area contributed by atoms with Crippen molar-refractivity contribution >= 4 is 5.97 Å². The Bertz CT molecular complexity index is 475. The van der Waals surface area contributed by atoms with Crippen molar-refractivity contribution in [2.75, 3.05) is 32.8 Å². The maximum atomic E-state index is 11.1. The third kappa shape index (κ3) is 3.49. The summed E-state index contributed by atoms with van der Waals surface area (Å²) in [6, 6.07) is 5.08. The molecule has 0 radical (unpaired) electrons. The first-order valence-electron chi connectivity index (χ1n) is 6.91.